The molecule has 2 saturated heterocycles. The van der Waals surface area contributed by atoms with E-state index in [-0.39, 0.29) is 23.1 Å². The number of carbonyl (C=O) groups excluding carboxylic acids is 3. The number of nitrogens with one attached hydrogen (secondary N) is 1. The molecule has 8 nitrogen and oxygen atoms in total. The Morgan fingerprint density at radius 3 is 2.66 bits per heavy atom. The highest BCUT2D eigenvalue weighted by atomic mass is 32.1. The molecule has 178 valence electrons. The number of hydrogen-bond acceptors (Lipinski definition) is 5. The van der Waals surface area contributed by atoms with Crippen LogP contribution in [0, 0.1) is 0 Å². The van der Waals surface area contributed by atoms with E-state index in [4.69, 9.17) is 17.0 Å². The first-order valence-corrected chi connectivity index (χ1v) is 11.8. The average Bonchev–Trinajstić information content (AvgIpc) is 3.51. The molecule has 1 aromatic heterocycles. The topological polar surface area (TPSA) is 83.9 Å². The molecule has 3 heterocycles. The molecule has 3 aromatic rings. The second-order valence-corrected chi connectivity index (χ2v) is 8.86. The van der Waals surface area contributed by atoms with E-state index in [9.17, 15) is 14.4 Å². The minimum atomic E-state index is -0.566. The van der Waals surface area contributed by atoms with Gasteiger partial charge in [0.15, 0.2) is 5.11 Å². The molecule has 2 aliphatic rings. The first-order valence-electron chi connectivity index (χ1n) is 11.4. The number of ether oxygens (including phenoxy) is 1. The third kappa shape index (κ3) is 4.30. The average molecular weight is 489 g/mol. The Balaban J connectivity index is 1.52. The molecule has 2 fully saturated rings. The highest BCUT2D eigenvalue weighted by molar-refractivity contribution is 7.80. The minimum absolute atomic E-state index is 0.00374. The van der Waals surface area contributed by atoms with E-state index in [2.05, 4.69) is 5.32 Å². The van der Waals surface area contributed by atoms with E-state index in [1.54, 1.807) is 30.3 Å². The van der Waals surface area contributed by atoms with Crippen LogP contribution in [-0.2, 0) is 20.9 Å². The molecule has 0 bridgehead atoms. The fourth-order valence-electron chi connectivity index (χ4n) is 4.53. The first kappa shape index (κ1) is 22.8. The van der Waals surface area contributed by atoms with E-state index >= 15 is 0 Å². The summed E-state index contributed by atoms with van der Waals surface area (Å²) in [6.45, 7) is 1.76. The van der Waals surface area contributed by atoms with Gasteiger partial charge in [-0.05, 0) is 49.3 Å². The Kier molecular flexibility index (Phi) is 6.08. The Labute approximate surface area is 207 Å². The van der Waals surface area contributed by atoms with Crippen LogP contribution in [-0.4, -0.2) is 52.5 Å². The van der Waals surface area contributed by atoms with Gasteiger partial charge in [-0.3, -0.25) is 24.6 Å². The lowest BCUT2D eigenvalue weighted by atomic mass is 10.1. The molecule has 0 radical (unpaired) electrons. The van der Waals surface area contributed by atoms with Crippen LogP contribution in [0.15, 0.2) is 60.3 Å². The van der Waals surface area contributed by atoms with Crippen molar-refractivity contribution in [1.82, 2.24) is 14.8 Å². The number of benzene rings is 2. The highest BCUT2D eigenvalue weighted by Gasteiger charge is 2.35. The van der Waals surface area contributed by atoms with Crippen LogP contribution >= 0.6 is 12.2 Å². The van der Waals surface area contributed by atoms with E-state index in [0.717, 1.165) is 36.8 Å². The van der Waals surface area contributed by atoms with E-state index in [0.29, 0.717) is 17.0 Å². The van der Waals surface area contributed by atoms with Crippen molar-refractivity contribution in [3.05, 3.63) is 65.9 Å². The van der Waals surface area contributed by atoms with Gasteiger partial charge in [0.2, 0.25) is 5.91 Å². The van der Waals surface area contributed by atoms with Gasteiger partial charge in [-0.25, -0.2) is 0 Å². The van der Waals surface area contributed by atoms with Gasteiger partial charge in [-0.15, -0.1) is 0 Å². The number of aromatic nitrogens is 1. The lowest BCUT2D eigenvalue weighted by Crippen LogP contribution is -2.54. The SMILES string of the molecule is COc1cccc(N2C(=O)/C(=C\c3cn(CC(=O)N4CCCC4)c4ccccc34)C(=O)NC2=S)c1. The molecule has 1 N–H and O–H groups in total. The second-order valence-electron chi connectivity index (χ2n) is 8.48. The molecule has 0 saturated carbocycles. The summed E-state index contributed by atoms with van der Waals surface area (Å²) in [6.07, 6.45) is 5.43. The summed E-state index contributed by atoms with van der Waals surface area (Å²) in [5.74, 6) is -0.476. The Morgan fingerprint density at radius 2 is 1.89 bits per heavy atom. The normalized spacial score (nSPS) is 17.4. The van der Waals surface area contributed by atoms with Gasteiger partial charge in [0, 0.05) is 41.8 Å². The molecular formula is C26H24N4O4S. The number of amides is 3. The Bertz CT molecular complexity index is 1390. The largest absolute Gasteiger partial charge is 0.497 e. The number of thiocarbonyl (C=S) groups is 1. The third-order valence-corrected chi connectivity index (χ3v) is 6.58. The van der Waals surface area contributed by atoms with E-state index in [1.807, 2.05) is 39.9 Å². The maximum Gasteiger partial charge on any atom is 0.270 e. The first-order chi connectivity index (χ1) is 17.0. The zero-order valence-corrected chi connectivity index (χ0v) is 20.0. The van der Waals surface area contributed by atoms with E-state index < -0.39 is 11.8 Å². The van der Waals surface area contributed by atoms with Gasteiger partial charge in [0.1, 0.15) is 17.9 Å². The smallest absolute Gasteiger partial charge is 0.270 e. The number of fused-ring (bicyclic) bond motifs is 1. The highest BCUT2D eigenvalue weighted by Crippen LogP contribution is 2.28. The zero-order valence-electron chi connectivity index (χ0n) is 19.2. The third-order valence-electron chi connectivity index (χ3n) is 6.30. The zero-order chi connectivity index (χ0) is 24.5. The van der Waals surface area contributed by atoms with Gasteiger partial charge < -0.3 is 14.2 Å². The van der Waals surface area contributed by atoms with Gasteiger partial charge >= 0.3 is 0 Å². The summed E-state index contributed by atoms with van der Waals surface area (Å²) in [6, 6.07) is 14.5. The molecule has 9 heteroatoms. The molecule has 0 spiro atoms. The number of nitrogens with zero attached hydrogens (tertiary/aromatic N) is 3. The monoisotopic (exact) mass is 488 g/mol. The maximum atomic E-state index is 13.4. The van der Waals surface area contributed by atoms with Crippen molar-refractivity contribution in [3.8, 4) is 5.75 Å². The number of carbonyl (C=O) groups is 3. The van der Waals surface area contributed by atoms with Gasteiger partial charge in [-0.1, -0.05) is 24.3 Å². The van der Waals surface area contributed by atoms with Crippen LogP contribution in [0.1, 0.15) is 18.4 Å². The van der Waals surface area contributed by atoms with E-state index in [1.165, 1.54) is 12.0 Å². The summed E-state index contributed by atoms with van der Waals surface area (Å²) >= 11 is 5.30. The van der Waals surface area contributed by atoms with Crippen molar-refractivity contribution in [2.75, 3.05) is 25.1 Å². The Hall–Kier alpha value is -3.98. The second kappa shape index (κ2) is 9.34. The lowest BCUT2D eigenvalue weighted by molar-refractivity contribution is -0.130. The van der Waals surface area contributed by atoms with Gasteiger partial charge in [0.25, 0.3) is 11.8 Å². The van der Waals surface area contributed by atoms with Crippen molar-refractivity contribution >= 4 is 57.7 Å². The predicted octanol–water partition coefficient (Wildman–Crippen LogP) is 3.10. The fraction of sp³-hybridized carbons (Fsp3) is 0.231. The molecule has 0 atom stereocenters. The summed E-state index contributed by atoms with van der Waals surface area (Å²) in [4.78, 5) is 42.2. The van der Waals surface area contributed by atoms with Crippen molar-refractivity contribution < 1.29 is 19.1 Å². The van der Waals surface area contributed by atoms with Crippen LogP contribution in [0.5, 0.6) is 5.75 Å². The molecule has 0 aliphatic carbocycles. The number of rotatable bonds is 5. The van der Waals surface area contributed by atoms with Crippen molar-refractivity contribution in [2.24, 2.45) is 0 Å². The number of methoxy groups -OCH3 is 1. The number of para-hydroxylation sites is 1. The standard InChI is InChI=1S/C26H24N4O4S/c1-34-19-8-6-7-18(14-19)30-25(33)21(24(32)27-26(30)35)13-17-15-29(22-10-3-2-9-20(17)22)16-23(31)28-11-4-5-12-28/h2-3,6-10,13-15H,4-5,11-12,16H2,1H3,(H,27,32,35)/b21-13-. The number of likely N-dealkylation sites (tertiary alicyclic amines) is 1. The summed E-state index contributed by atoms with van der Waals surface area (Å²) in [7, 11) is 1.53. The van der Waals surface area contributed by atoms with Gasteiger partial charge in [-0.2, -0.15) is 0 Å². The summed E-state index contributed by atoms with van der Waals surface area (Å²) < 4.78 is 7.14. The van der Waals surface area contributed by atoms with Crippen molar-refractivity contribution in [3.63, 3.8) is 0 Å². The van der Waals surface area contributed by atoms with Crippen LogP contribution in [0.4, 0.5) is 5.69 Å². The summed E-state index contributed by atoms with van der Waals surface area (Å²) in [5, 5.41) is 3.46. The van der Waals surface area contributed by atoms with Crippen LogP contribution in [0.2, 0.25) is 0 Å². The molecule has 5 rings (SSSR count). The Morgan fingerprint density at radius 1 is 1.11 bits per heavy atom. The molecule has 3 amide bonds. The molecular weight excluding hydrogens is 464 g/mol. The quantitative estimate of drug-likeness (QED) is 0.339. The molecule has 2 aromatic carbocycles. The fourth-order valence-corrected chi connectivity index (χ4v) is 4.81. The van der Waals surface area contributed by atoms with Gasteiger partial charge in [0.05, 0.1) is 12.8 Å². The van der Waals surface area contributed by atoms with Crippen molar-refractivity contribution in [1.29, 1.82) is 0 Å². The summed E-state index contributed by atoms with van der Waals surface area (Å²) in [5.41, 5.74) is 1.97. The van der Waals surface area contributed by atoms with Crippen LogP contribution in [0.3, 0.4) is 0 Å². The number of hydrogen-bond donors (Lipinski definition) is 1. The predicted molar refractivity (Wildman–Crippen MR) is 137 cm³/mol. The van der Waals surface area contributed by atoms with Crippen LogP contribution in [0.25, 0.3) is 17.0 Å². The van der Waals surface area contributed by atoms with Crippen molar-refractivity contribution in [2.45, 2.75) is 19.4 Å². The number of anilines is 1. The molecule has 0 unspecified atom stereocenters. The van der Waals surface area contributed by atoms with Crippen LogP contribution < -0.4 is 15.0 Å². The minimum Gasteiger partial charge on any atom is -0.497 e. The molecule has 35 heavy (non-hydrogen) atoms. The molecule has 2 aliphatic heterocycles. The lowest BCUT2D eigenvalue weighted by Gasteiger charge is -2.29. The maximum absolute atomic E-state index is 13.4.